The number of benzene rings is 1. The minimum Gasteiger partial charge on any atom is -0.293 e. The molecule has 3 rings (SSSR count). The number of aromatic nitrogens is 2. The van der Waals surface area contributed by atoms with E-state index in [4.69, 9.17) is 0 Å². The molecule has 1 aliphatic rings. The molecule has 1 aromatic heterocycles. The molecule has 1 aliphatic heterocycles. The van der Waals surface area contributed by atoms with Gasteiger partial charge in [0.2, 0.25) is 10.0 Å². The maximum atomic E-state index is 12.3. The van der Waals surface area contributed by atoms with Crippen LogP contribution in [0.2, 0.25) is 0 Å². The van der Waals surface area contributed by atoms with Crippen LogP contribution < -0.4 is 4.72 Å². The first-order valence-corrected chi connectivity index (χ1v) is 9.77. The summed E-state index contributed by atoms with van der Waals surface area (Å²) in [5.74, 6) is 0. The number of sulfonamides is 1. The molecule has 6 nitrogen and oxygen atoms in total. The Labute approximate surface area is 143 Å². The number of hydrogen-bond donors (Lipinski definition) is 1. The second kappa shape index (κ2) is 7.04. The number of nitrogens with zero attached hydrogens (tertiary/aromatic N) is 3. The van der Waals surface area contributed by atoms with Crippen LogP contribution in [-0.2, 0) is 16.6 Å². The molecule has 1 N–H and O–H groups in total. The molecule has 0 amide bonds. The van der Waals surface area contributed by atoms with Crippen LogP contribution in [0, 0.1) is 0 Å². The van der Waals surface area contributed by atoms with Gasteiger partial charge in [-0.25, -0.2) is 13.1 Å². The van der Waals surface area contributed by atoms with Crippen molar-refractivity contribution < 1.29 is 8.42 Å². The summed E-state index contributed by atoms with van der Waals surface area (Å²) in [6.07, 6.45) is 2.53. The predicted octanol–water partition coefficient (Wildman–Crippen LogP) is 2.02. The van der Waals surface area contributed by atoms with Crippen molar-refractivity contribution in [1.29, 1.82) is 0 Å². The van der Waals surface area contributed by atoms with Gasteiger partial charge in [0.15, 0.2) is 0 Å². The van der Waals surface area contributed by atoms with Gasteiger partial charge in [-0.1, -0.05) is 18.2 Å². The molecule has 1 aromatic carbocycles. The highest BCUT2D eigenvalue weighted by Crippen LogP contribution is 2.24. The van der Waals surface area contributed by atoms with Gasteiger partial charge in [0.25, 0.3) is 0 Å². The fourth-order valence-electron chi connectivity index (χ4n) is 3.07. The van der Waals surface area contributed by atoms with Crippen molar-refractivity contribution in [2.45, 2.75) is 43.8 Å². The summed E-state index contributed by atoms with van der Waals surface area (Å²) in [4.78, 5) is 2.70. The molecule has 0 saturated carbocycles. The van der Waals surface area contributed by atoms with Crippen molar-refractivity contribution in [1.82, 2.24) is 19.4 Å². The van der Waals surface area contributed by atoms with E-state index in [-0.39, 0.29) is 6.04 Å². The van der Waals surface area contributed by atoms with Crippen molar-refractivity contribution in [3.05, 3.63) is 48.3 Å². The Bertz CT molecular complexity index is 771. The van der Waals surface area contributed by atoms with Gasteiger partial charge in [-0.2, -0.15) is 5.10 Å². The molecule has 0 radical (unpaired) electrons. The van der Waals surface area contributed by atoms with Crippen molar-refractivity contribution in [3.8, 4) is 0 Å². The Morgan fingerprint density at radius 1 is 1.25 bits per heavy atom. The lowest BCUT2D eigenvalue weighted by Crippen LogP contribution is -2.42. The first kappa shape index (κ1) is 17.1. The van der Waals surface area contributed by atoms with Gasteiger partial charge in [0, 0.05) is 31.9 Å². The van der Waals surface area contributed by atoms with E-state index in [1.165, 1.54) is 5.69 Å². The van der Waals surface area contributed by atoms with E-state index in [0.717, 1.165) is 13.1 Å². The SMILES string of the molecule is CC(C)N1Cc2ccnn2[C@H](CCNS(=O)(=O)c2ccccc2)C1. The lowest BCUT2D eigenvalue weighted by molar-refractivity contribution is 0.135. The number of fused-ring (bicyclic) bond motifs is 1. The van der Waals surface area contributed by atoms with E-state index in [1.54, 1.807) is 30.3 Å². The molecular formula is C17H24N4O2S. The van der Waals surface area contributed by atoms with Gasteiger partial charge in [-0.3, -0.25) is 9.58 Å². The molecule has 0 saturated heterocycles. The molecular weight excluding hydrogens is 324 g/mol. The van der Waals surface area contributed by atoms with Gasteiger partial charge in [-0.05, 0) is 38.5 Å². The van der Waals surface area contributed by atoms with E-state index in [9.17, 15) is 8.42 Å². The minimum absolute atomic E-state index is 0.185. The molecule has 0 aliphatic carbocycles. The first-order valence-electron chi connectivity index (χ1n) is 8.28. The van der Waals surface area contributed by atoms with Gasteiger partial charge in [0.05, 0.1) is 16.6 Å². The zero-order valence-electron chi connectivity index (χ0n) is 14.1. The molecule has 130 valence electrons. The third kappa shape index (κ3) is 3.68. The van der Waals surface area contributed by atoms with Crippen LogP contribution in [0.5, 0.6) is 0 Å². The Morgan fingerprint density at radius 3 is 2.71 bits per heavy atom. The second-order valence-corrected chi connectivity index (χ2v) is 8.21. The van der Waals surface area contributed by atoms with E-state index in [0.29, 0.717) is 23.9 Å². The summed E-state index contributed by atoms with van der Waals surface area (Å²) in [7, 11) is -3.45. The molecule has 1 atom stereocenters. The van der Waals surface area contributed by atoms with Gasteiger partial charge >= 0.3 is 0 Å². The van der Waals surface area contributed by atoms with Crippen LogP contribution in [0.15, 0.2) is 47.5 Å². The Morgan fingerprint density at radius 2 is 2.00 bits per heavy atom. The molecule has 0 spiro atoms. The third-order valence-corrected chi connectivity index (χ3v) is 5.94. The second-order valence-electron chi connectivity index (χ2n) is 6.44. The molecule has 0 bridgehead atoms. The third-order valence-electron chi connectivity index (χ3n) is 4.46. The maximum Gasteiger partial charge on any atom is 0.240 e. The van der Waals surface area contributed by atoms with Crippen molar-refractivity contribution >= 4 is 10.0 Å². The molecule has 2 heterocycles. The van der Waals surface area contributed by atoms with Gasteiger partial charge < -0.3 is 0 Å². The monoisotopic (exact) mass is 348 g/mol. The summed E-state index contributed by atoms with van der Waals surface area (Å²) in [5, 5.41) is 4.42. The Hall–Kier alpha value is -1.70. The zero-order valence-corrected chi connectivity index (χ0v) is 14.9. The Kier molecular flexibility index (Phi) is 5.03. The normalized spacial score (nSPS) is 18.7. The van der Waals surface area contributed by atoms with E-state index >= 15 is 0 Å². The molecule has 7 heteroatoms. The lowest BCUT2D eigenvalue weighted by Gasteiger charge is -2.36. The van der Waals surface area contributed by atoms with Crippen molar-refractivity contribution in [2.75, 3.05) is 13.1 Å². The topological polar surface area (TPSA) is 67.2 Å². The number of hydrogen-bond acceptors (Lipinski definition) is 4. The van der Waals surface area contributed by atoms with Crippen LogP contribution in [0.4, 0.5) is 0 Å². The molecule has 0 fully saturated rings. The van der Waals surface area contributed by atoms with E-state index < -0.39 is 10.0 Å². The summed E-state index contributed by atoms with van der Waals surface area (Å²) in [6, 6.07) is 11.2. The maximum absolute atomic E-state index is 12.3. The quantitative estimate of drug-likeness (QED) is 0.867. The summed E-state index contributed by atoms with van der Waals surface area (Å²) >= 11 is 0. The van der Waals surface area contributed by atoms with Crippen molar-refractivity contribution in [2.24, 2.45) is 0 Å². The lowest BCUT2D eigenvalue weighted by atomic mass is 10.1. The van der Waals surface area contributed by atoms with Gasteiger partial charge in [-0.15, -0.1) is 0 Å². The summed E-state index contributed by atoms with van der Waals surface area (Å²) < 4.78 is 29.3. The highest BCUT2D eigenvalue weighted by molar-refractivity contribution is 7.89. The first-order chi connectivity index (χ1) is 11.5. The number of nitrogens with one attached hydrogen (secondary N) is 1. The molecule has 2 aromatic rings. The van der Waals surface area contributed by atoms with Crippen LogP contribution in [-0.4, -0.2) is 42.2 Å². The average molecular weight is 348 g/mol. The average Bonchev–Trinajstić information content (AvgIpc) is 3.04. The fourth-order valence-corrected chi connectivity index (χ4v) is 4.13. The minimum atomic E-state index is -3.45. The van der Waals surface area contributed by atoms with Crippen LogP contribution in [0.1, 0.15) is 32.0 Å². The largest absolute Gasteiger partial charge is 0.293 e. The summed E-state index contributed by atoms with van der Waals surface area (Å²) in [6.45, 7) is 6.54. The summed E-state index contributed by atoms with van der Waals surface area (Å²) in [5.41, 5.74) is 1.19. The molecule has 24 heavy (non-hydrogen) atoms. The van der Waals surface area contributed by atoms with E-state index in [2.05, 4.69) is 28.6 Å². The van der Waals surface area contributed by atoms with Crippen molar-refractivity contribution in [3.63, 3.8) is 0 Å². The van der Waals surface area contributed by atoms with Crippen LogP contribution >= 0.6 is 0 Å². The number of rotatable bonds is 6. The van der Waals surface area contributed by atoms with Gasteiger partial charge in [0.1, 0.15) is 0 Å². The zero-order chi connectivity index (χ0) is 17.2. The standard InChI is InChI=1S/C17H24N4O2S/c1-14(2)20-12-15-8-10-18-21(15)16(13-20)9-11-19-24(22,23)17-6-4-3-5-7-17/h3-8,10,14,16,19H,9,11-13H2,1-2H3/t16-/m1/s1. The highest BCUT2D eigenvalue weighted by Gasteiger charge is 2.27. The smallest absolute Gasteiger partial charge is 0.240 e. The fraction of sp³-hybridized carbons (Fsp3) is 0.471. The van der Waals surface area contributed by atoms with E-state index in [1.807, 2.05) is 16.9 Å². The predicted molar refractivity (Wildman–Crippen MR) is 93.1 cm³/mol. The highest BCUT2D eigenvalue weighted by atomic mass is 32.2. The molecule has 0 unspecified atom stereocenters. The van der Waals surface area contributed by atoms with Crippen LogP contribution in [0.25, 0.3) is 0 Å². The van der Waals surface area contributed by atoms with Crippen LogP contribution in [0.3, 0.4) is 0 Å². The Balaban J connectivity index is 1.65.